The maximum atomic E-state index is 12.1. The fourth-order valence-electron chi connectivity index (χ4n) is 1.85. The van der Waals surface area contributed by atoms with Crippen molar-refractivity contribution in [1.29, 1.82) is 0 Å². The van der Waals surface area contributed by atoms with Gasteiger partial charge in [0.2, 0.25) is 0 Å². The lowest BCUT2D eigenvalue weighted by molar-refractivity contribution is 0.649. The summed E-state index contributed by atoms with van der Waals surface area (Å²) in [6.45, 7) is 6.01. The summed E-state index contributed by atoms with van der Waals surface area (Å²) in [5.41, 5.74) is 2.24. The van der Waals surface area contributed by atoms with Gasteiger partial charge in [-0.05, 0) is 22.4 Å². The number of rotatable bonds is 5. The third-order valence-corrected chi connectivity index (χ3v) is 3.56. The molecular formula is C13H16BrN5O. The van der Waals surface area contributed by atoms with Crippen molar-refractivity contribution in [3.05, 3.63) is 45.6 Å². The number of allylic oxidation sites excluding steroid dienone is 1. The van der Waals surface area contributed by atoms with Crippen LogP contribution in [0.5, 0.6) is 0 Å². The minimum Gasteiger partial charge on any atom is -0.350 e. The highest BCUT2D eigenvalue weighted by atomic mass is 79.9. The van der Waals surface area contributed by atoms with E-state index in [4.69, 9.17) is 0 Å². The fourth-order valence-corrected chi connectivity index (χ4v) is 2.26. The van der Waals surface area contributed by atoms with Crippen molar-refractivity contribution in [1.82, 2.24) is 19.6 Å². The molecule has 2 aromatic heterocycles. The molecule has 0 radical (unpaired) electrons. The Morgan fingerprint density at radius 3 is 2.90 bits per heavy atom. The Labute approximate surface area is 125 Å². The Morgan fingerprint density at radius 2 is 2.25 bits per heavy atom. The monoisotopic (exact) mass is 337 g/mol. The fraction of sp³-hybridized carbons (Fsp3) is 0.308. The first kappa shape index (κ1) is 14.5. The summed E-state index contributed by atoms with van der Waals surface area (Å²) in [6, 6.07) is 0. The van der Waals surface area contributed by atoms with Gasteiger partial charge in [0, 0.05) is 13.2 Å². The van der Waals surface area contributed by atoms with Gasteiger partial charge in [-0.2, -0.15) is 10.2 Å². The van der Waals surface area contributed by atoms with Crippen LogP contribution in [0.3, 0.4) is 0 Å². The van der Waals surface area contributed by atoms with Crippen LogP contribution in [0.15, 0.2) is 34.3 Å². The Bertz CT molecular complexity index is 689. The lowest BCUT2D eigenvalue weighted by Gasteiger charge is -2.09. The predicted octanol–water partition coefficient (Wildman–Crippen LogP) is 2.23. The molecule has 106 valence electrons. The van der Waals surface area contributed by atoms with Gasteiger partial charge in [0.05, 0.1) is 29.8 Å². The van der Waals surface area contributed by atoms with Crippen molar-refractivity contribution in [3.63, 3.8) is 0 Å². The highest BCUT2D eigenvalue weighted by Gasteiger charge is 2.11. The van der Waals surface area contributed by atoms with E-state index in [9.17, 15) is 4.79 Å². The van der Waals surface area contributed by atoms with Crippen LogP contribution in [-0.2, 0) is 20.0 Å². The predicted molar refractivity (Wildman–Crippen MR) is 82.3 cm³/mol. The number of nitrogens with one attached hydrogen (secondary N) is 1. The molecule has 1 N–H and O–H groups in total. The van der Waals surface area contributed by atoms with Crippen LogP contribution in [0.1, 0.15) is 12.6 Å². The molecule has 20 heavy (non-hydrogen) atoms. The minimum atomic E-state index is -0.197. The molecule has 2 aromatic rings. The van der Waals surface area contributed by atoms with E-state index in [1.54, 1.807) is 17.0 Å². The van der Waals surface area contributed by atoms with Crippen LogP contribution in [0.2, 0.25) is 0 Å². The Hall–Kier alpha value is -1.89. The molecule has 0 saturated heterocycles. The van der Waals surface area contributed by atoms with E-state index in [1.807, 2.05) is 20.2 Å². The first-order valence-corrected chi connectivity index (χ1v) is 7.02. The molecule has 0 aliphatic rings. The van der Waals surface area contributed by atoms with Crippen molar-refractivity contribution >= 4 is 27.3 Å². The van der Waals surface area contributed by atoms with Crippen LogP contribution >= 0.6 is 15.9 Å². The van der Waals surface area contributed by atoms with E-state index in [-0.39, 0.29) is 5.56 Å². The summed E-state index contributed by atoms with van der Waals surface area (Å²) >= 11 is 3.31. The first-order valence-electron chi connectivity index (χ1n) is 6.22. The van der Waals surface area contributed by atoms with E-state index in [2.05, 4.69) is 38.0 Å². The summed E-state index contributed by atoms with van der Waals surface area (Å²) in [5, 5.41) is 11.6. The molecule has 0 aromatic carbocycles. The number of anilines is 2. The largest absolute Gasteiger partial charge is 0.350 e. The van der Waals surface area contributed by atoms with E-state index < -0.39 is 0 Å². The van der Waals surface area contributed by atoms with Crippen LogP contribution in [0.25, 0.3) is 0 Å². The quantitative estimate of drug-likeness (QED) is 0.849. The van der Waals surface area contributed by atoms with Gasteiger partial charge in [-0.15, -0.1) is 6.58 Å². The van der Waals surface area contributed by atoms with Gasteiger partial charge in [-0.1, -0.05) is 13.0 Å². The Kier molecular flexibility index (Phi) is 4.39. The van der Waals surface area contributed by atoms with E-state index in [0.717, 1.165) is 17.8 Å². The second-order valence-corrected chi connectivity index (χ2v) is 5.08. The summed E-state index contributed by atoms with van der Waals surface area (Å²) in [4.78, 5) is 12.1. The van der Waals surface area contributed by atoms with Crippen molar-refractivity contribution < 1.29 is 0 Å². The normalized spacial score (nSPS) is 10.6. The van der Waals surface area contributed by atoms with Crippen molar-refractivity contribution in [2.24, 2.45) is 7.05 Å². The molecule has 0 bridgehead atoms. The number of hydrogen-bond acceptors (Lipinski definition) is 4. The molecule has 0 fully saturated rings. The molecule has 0 aliphatic heterocycles. The Balaban J connectivity index is 2.37. The summed E-state index contributed by atoms with van der Waals surface area (Å²) < 4.78 is 3.52. The van der Waals surface area contributed by atoms with Gasteiger partial charge in [-0.3, -0.25) is 9.48 Å². The van der Waals surface area contributed by atoms with Crippen molar-refractivity contribution in [2.45, 2.75) is 19.9 Å². The maximum absolute atomic E-state index is 12.1. The van der Waals surface area contributed by atoms with Gasteiger partial charge in [-0.25, -0.2) is 4.68 Å². The smallest absolute Gasteiger partial charge is 0.283 e. The minimum absolute atomic E-state index is 0.197. The second-order valence-electron chi connectivity index (χ2n) is 4.29. The van der Waals surface area contributed by atoms with E-state index in [0.29, 0.717) is 16.7 Å². The summed E-state index contributed by atoms with van der Waals surface area (Å²) in [5.74, 6) is 0. The molecule has 0 aliphatic carbocycles. The topological polar surface area (TPSA) is 64.7 Å². The number of nitrogens with zero attached hydrogens (tertiary/aromatic N) is 4. The number of aromatic nitrogens is 4. The van der Waals surface area contributed by atoms with Gasteiger partial charge in [0.15, 0.2) is 0 Å². The average Bonchev–Trinajstić information content (AvgIpc) is 2.78. The van der Waals surface area contributed by atoms with Crippen LogP contribution in [-0.4, -0.2) is 19.6 Å². The highest BCUT2D eigenvalue weighted by Crippen LogP contribution is 2.24. The third kappa shape index (κ3) is 2.82. The zero-order valence-corrected chi connectivity index (χ0v) is 13.0. The van der Waals surface area contributed by atoms with Gasteiger partial charge in [0.1, 0.15) is 4.47 Å². The number of halogens is 1. The maximum Gasteiger partial charge on any atom is 0.283 e. The SMILES string of the molecule is C=CCn1ncc(Nc2cn(C)nc2CC)c(Br)c1=O. The zero-order chi connectivity index (χ0) is 14.7. The zero-order valence-electron chi connectivity index (χ0n) is 11.4. The molecule has 2 rings (SSSR count). The third-order valence-electron chi connectivity index (χ3n) is 2.80. The van der Waals surface area contributed by atoms with Crippen LogP contribution in [0.4, 0.5) is 11.4 Å². The average molecular weight is 338 g/mol. The molecule has 0 unspecified atom stereocenters. The van der Waals surface area contributed by atoms with Gasteiger partial charge < -0.3 is 5.32 Å². The number of hydrogen-bond donors (Lipinski definition) is 1. The molecule has 6 nitrogen and oxygen atoms in total. The van der Waals surface area contributed by atoms with Crippen molar-refractivity contribution in [3.8, 4) is 0 Å². The van der Waals surface area contributed by atoms with E-state index >= 15 is 0 Å². The van der Waals surface area contributed by atoms with E-state index in [1.165, 1.54) is 4.68 Å². The summed E-state index contributed by atoms with van der Waals surface area (Å²) in [7, 11) is 1.86. The number of aryl methyl sites for hydroxylation is 2. The molecule has 7 heteroatoms. The molecule has 2 heterocycles. The standard InChI is InChI=1S/C13H16BrN5O/c1-4-6-19-13(20)12(14)10(7-15-19)16-11-8-18(3)17-9(11)5-2/h4,7-8,16H,1,5-6H2,2-3H3. The lowest BCUT2D eigenvalue weighted by Crippen LogP contribution is -2.23. The molecule has 0 amide bonds. The summed E-state index contributed by atoms with van der Waals surface area (Å²) in [6.07, 6.45) is 5.92. The van der Waals surface area contributed by atoms with Gasteiger partial charge >= 0.3 is 0 Å². The van der Waals surface area contributed by atoms with Crippen LogP contribution < -0.4 is 10.9 Å². The molecule has 0 spiro atoms. The van der Waals surface area contributed by atoms with Crippen LogP contribution in [0, 0.1) is 0 Å². The first-order chi connectivity index (χ1) is 9.56. The Morgan fingerprint density at radius 1 is 1.50 bits per heavy atom. The van der Waals surface area contributed by atoms with Crippen molar-refractivity contribution in [2.75, 3.05) is 5.32 Å². The molecule has 0 atom stereocenters. The lowest BCUT2D eigenvalue weighted by atomic mass is 10.3. The highest BCUT2D eigenvalue weighted by molar-refractivity contribution is 9.10. The molecule has 0 saturated carbocycles. The van der Waals surface area contributed by atoms with Gasteiger partial charge in [0.25, 0.3) is 5.56 Å². The molecular weight excluding hydrogens is 322 g/mol. The second kappa shape index (κ2) is 6.04.